The molecule has 3 atom stereocenters. The molecule has 0 bridgehead atoms. The minimum atomic E-state index is -0.833. The van der Waals surface area contributed by atoms with Crippen molar-refractivity contribution in [2.24, 2.45) is 0 Å². The Morgan fingerprint density at radius 2 is 1.53 bits per heavy atom. The zero-order chi connectivity index (χ0) is 23.2. The topological polar surface area (TPSA) is 55.8 Å². The third kappa shape index (κ3) is 10.5. The van der Waals surface area contributed by atoms with Gasteiger partial charge in [0.15, 0.2) is 0 Å². The van der Waals surface area contributed by atoms with Gasteiger partial charge in [0.05, 0.1) is 0 Å². The Bertz CT molecular complexity index is 634. The fourth-order valence-electron chi connectivity index (χ4n) is 4.17. The molecule has 5 heteroatoms. The first kappa shape index (κ1) is 27.5. The van der Waals surface area contributed by atoms with Crippen molar-refractivity contribution < 1.29 is 19.4 Å². The summed E-state index contributed by atoms with van der Waals surface area (Å²) in [5.74, 6) is -0.981. The molecule has 1 N–H and O–H groups in total. The van der Waals surface area contributed by atoms with E-state index >= 15 is 0 Å². The first-order chi connectivity index (χ1) is 15.4. The van der Waals surface area contributed by atoms with Crippen LogP contribution in [-0.2, 0) is 14.3 Å². The van der Waals surface area contributed by atoms with Crippen molar-refractivity contribution in [3.63, 3.8) is 0 Å². The quantitative estimate of drug-likeness (QED) is 0.232. The predicted molar refractivity (Wildman–Crippen MR) is 133 cm³/mol. The fraction of sp³-hybridized carbons (Fsp3) is 0.741. The molecule has 0 aliphatic carbocycles. The van der Waals surface area contributed by atoms with Crippen LogP contribution in [0.4, 0.5) is 0 Å². The van der Waals surface area contributed by atoms with E-state index in [4.69, 9.17) is 9.47 Å². The van der Waals surface area contributed by atoms with Gasteiger partial charge < -0.3 is 0 Å². The maximum absolute atomic E-state index is 12.4. The Labute approximate surface area is 202 Å². The minimum absolute atomic E-state index is 0.0121. The molecule has 0 radical (unpaired) electrons. The summed E-state index contributed by atoms with van der Waals surface area (Å²) in [5.41, 5.74) is 0. The van der Waals surface area contributed by atoms with Gasteiger partial charge in [0, 0.05) is 0 Å². The van der Waals surface area contributed by atoms with Crippen LogP contribution in [-0.4, -0.2) is 50.4 Å². The molecule has 0 spiro atoms. The van der Waals surface area contributed by atoms with Gasteiger partial charge in [-0.1, -0.05) is 13.3 Å². The zero-order valence-corrected chi connectivity index (χ0v) is 22.1. The van der Waals surface area contributed by atoms with Crippen LogP contribution < -0.4 is 4.46 Å². The zero-order valence-electron chi connectivity index (χ0n) is 20.4. The number of aliphatic hydroxyl groups excluding tert-OH is 1. The van der Waals surface area contributed by atoms with Gasteiger partial charge in [0.2, 0.25) is 0 Å². The van der Waals surface area contributed by atoms with Gasteiger partial charge in [-0.3, -0.25) is 0 Å². The van der Waals surface area contributed by atoms with E-state index in [9.17, 15) is 9.90 Å². The maximum atomic E-state index is 12.4. The molecule has 182 valence electrons. The van der Waals surface area contributed by atoms with Gasteiger partial charge in [-0.2, -0.15) is 0 Å². The van der Waals surface area contributed by atoms with E-state index in [1.165, 1.54) is 68.7 Å². The summed E-state index contributed by atoms with van der Waals surface area (Å²) in [6.07, 6.45) is 13.8. The fourth-order valence-corrected chi connectivity index (χ4v) is 6.75. The van der Waals surface area contributed by atoms with Crippen LogP contribution in [0.2, 0.25) is 4.82 Å². The summed E-state index contributed by atoms with van der Waals surface area (Å²) in [6, 6.07) is 10.3. The summed E-state index contributed by atoms with van der Waals surface area (Å²) in [7, 11) is 0. The normalized spacial score (nSPS) is 20.2. The number of aliphatic hydroxyl groups is 1. The van der Waals surface area contributed by atoms with Crippen LogP contribution in [0.5, 0.6) is 0 Å². The van der Waals surface area contributed by atoms with E-state index in [-0.39, 0.29) is 32.2 Å². The molecule has 0 amide bonds. The van der Waals surface area contributed by atoms with Gasteiger partial charge in [-0.05, 0) is 0 Å². The van der Waals surface area contributed by atoms with Crippen molar-refractivity contribution in [1.82, 2.24) is 0 Å². The number of unbranched alkanes of at least 4 members (excludes halogenated alkanes) is 10. The van der Waals surface area contributed by atoms with Gasteiger partial charge in [-0.15, -0.1) is 0 Å². The molecule has 1 aliphatic rings. The Hall–Kier alpha value is -0.711. The SMILES string of the molecule is CCCCCCCCCCCCCC([Se]c1ccccc1)[C@@H](O)[C@@H]1OC(C)(C)OCC1=O. The summed E-state index contributed by atoms with van der Waals surface area (Å²) in [5, 5.41) is 11.2. The number of benzene rings is 1. The van der Waals surface area contributed by atoms with Crippen molar-refractivity contribution in [2.45, 2.75) is 121 Å². The number of hydrogen-bond acceptors (Lipinski definition) is 4. The van der Waals surface area contributed by atoms with Crippen LogP contribution >= 0.6 is 0 Å². The Morgan fingerprint density at radius 3 is 2.12 bits per heavy atom. The van der Waals surface area contributed by atoms with Crippen molar-refractivity contribution >= 4 is 25.2 Å². The Balaban J connectivity index is 1.78. The molecule has 1 fully saturated rings. The molecule has 1 heterocycles. The Kier molecular flexibility index (Phi) is 13.1. The Morgan fingerprint density at radius 1 is 0.969 bits per heavy atom. The monoisotopic (exact) mass is 512 g/mol. The molecular formula is C27H44O4Se. The van der Waals surface area contributed by atoms with Gasteiger partial charge in [0.25, 0.3) is 0 Å². The summed E-state index contributed by atoms with van der Waals surface area (Å²) in [4.78, 5) is 12.5. The van der Waals surface area contributed by atoms with E-state index in [2.05, 4.69) is 19.1 Å². The third-order valence-corrected chi connectivity index (χ3v) is 8.96. The van der Waals surface area contributed by atoms with E-state index in [0.717, 1.165) is 12.8 Å². The number of hydrogen-bond donors (Lipinski definition) is 1. The molecule has 1 aromatic carbocycles. The molecule has 2 rings (SSSR count). The second-order valence-corrected chi connectivity index (χ2v) is 12.2. The average molecular weight is 512 g/mol. The molecule has 1 saturated heterocycles. The van der Waals surface area contributed by atoms with Crippen LogP contribution in [0, 0.1) is 0 Å². The predicted octanol–water partition coefficient (Wildman–Crippen LogP) is 5.59. The summed E-state index contributed by atoms with van der Waals surface area (Å²) >= 11 is 0.0885. The van der Waals surface area contributed by atoms with Crippen LogP contribution in [0.25, 0.3) is 0 Å². The molecular weight excluding hydrogens is 467 g/mol. The number of carbonyl (C=O) groups is 1. The van der Waals surface area contributed by atoms with Gasteiger partial charge >= 0.3 is 189 Å². The van der Waals surface area contributed by atoms with Crippen LogP contribution in [0.15, 0.2) is 30.3 Å². The number of ether oxygens (including phenoxy) is 2. The third-order valence-electron chi connectivity index (χ3n) is 6.10. The van der Waals surface area contributed by atoms with Crippen LogP contribution in [0.3, 0.4) is 0 Å². The average Bonchev–Trinajstić information content (AvgIpc) is 2.78. The van der Waals surface area contributed by atoms with E-state index in [1.54, 1.807) is 13.8 Å². The first-order valence-electron chi connectivity index (χ1n) is 12.7. The summed E-state index contributed by atoms with van der Waals surface area (Å²) in [6.45, 7) is 5.89. The molecule has 4 nitrogen and oxygen atoms in total. The molecule has 1 unspecified atom stereocenters. The van der Waals surface area contributed by atoms with Crippen LogP contribution in [0.1, 0.15) is 97.8 Å². The first-order valence-corrected chi connectivity index (χ1v) is 14.5. The van der Waals surface area contributed by atoms with Crippen molar-refractivity contribution in [3.05, 3.63) is 30.3 Å². The number of Topliss-reactive ketones (excluding diaryl/α,β-unsaturated/α-hetero) is 1. The van der Waals surface area contributed by atoms with Crippen molar-refractivity contribution in [1.29, 1.82) is 0 Å². The number of rotatable bonds is 16. The molecule has 1 aromatic rings. The number of carbonyl (C=O) groups excluding carboxylic acids is 1. The number of ketones is 1. The van der Waals surface area contributed by atoms with Gasteiger partial charge in [0.1, 0.15) is 0 Å². The van der Waals surface area contributed by atoms with Crippen molar-refractivity contribution in [3.8, 4) is 0 Å². The summed E-state index contributed by atoms with van der Waals surface area (Å²) < 4.78 is 12.6. The molecule has 1 aliphatic heterocycles. The van der Waals surface area contributed by atoms with E-state index < -0.39 is 18.0 Å². The second kappa shape index (κ2) is 15.2. The molecule has 0 aromatic heterocycles. The van der Waals surface area contributed by atoms with E-state index in [1.807, 2.05) is 18.2 Å². The molecule has 32 heavy (non-hydrogen) atoms. The van der Waals surface area contributed by atoms with E-state index in [0.29, 0.717) is 0 Å². The second-order valence-electron chi connectivity index (χ2n) is 9.48. The van der Waals surface area contributed by atoms with Gasteiger partial charge in [-0.25, -0.2) is 0 Å². The standard InChI is InChI=1S/C27H44O4Se/c1-4-5-6-7-8-9-10-11-12-13-17-20-24(32-22-18-15-14-16-19-22)25(29)26-23(28)21-30-27(2,3)31-26/h14-16,18-19,24-26,29H,4-13,17,20-21H2,1-3H3/t24?,25-,26-/m1/s1. The molecule has 0 saturated carbocycles. The van der Waals surface area contributed by atoms with Crippen molar-refractivity contribution in [2.75, 3.05) is 6.61 Å².